The maximum atomic E-state index is 9.49. The Hall–Kier alpha value is -1.42. The van der Waals surface area contributed by atoms with Crippen LogP contribution in [-0.2, 0) is 0 Å². The predicted octanol–water partition coefficient (Wildman–Crippen LogP) is 4.88. The zero-order valence-electron chi connectivity index (χ0n) is 14.2. The lowest BCUT2D eigenvalue weighted by Gasteiger charge is -2.37. The number of azo groups is 1. The molecule has 0 aliphatic carbocycles. The van der Waals surface area contributed by atoms with Crippen molar-refractivity contribution < 1.29 is 0 Å². The van der Waals surface area contributed by atoms with Crippen molar-refractivity contribution in [3.05, 3.63) is 0 Å². The Morgan fingerprint density at radius 1 is 0.700 bits per heavy atom. The summed E-state index contributed by atoms with van der Waals surface area (Å²) >= 11 is 0. The molecular formula is C16H28N4. The van der Waals surface area contributed by atoms with Gasteiger partial charge in [0.05, 0.1) is 12.1 Å². The van der Waals surface area contributed by atoms with Crippen LogP contribution in [0.15, 0.2) is 10.2 Å². The summed E-state index contributed by atoms with van der Waals surface area (Å²) in [7, 11) is 0. The van der Waals surface area contributed by atoms with Gasteiger partial charge in [-0.25, -0.2) is 0 Å². The van der Waals surface area contributed by atoms with Gasteiger partial charge in [-0.15, -0.1) is 0 Å². The average Bonchev–Trinajstić information content (AvgIpc) is 2.43. The molecule has 0 N–H and O–H groups in total. The van der Waals surface area contributed by atoms with Gasteiger partial charge in [0.25, 0.3) is 0 Å². The van der Waals surface area contributed by atoms with Gasteiger partial charge in [-0.2, -0.15) is 20.8 Å². The van der Waals surface area contributed by atoms with Crippen molar-refractivity contribution in [2.24, 2.45) is 21.1 Å². The molecule has 0 aliphatic heterocycles. The lowest BCUT2D eigenvalue weighted by Crippen LogP contribution is -2.41. The summed E-state index contributed by atoms with van der Waals surface area (Å²) in [6.07, 6.45) is 1.63. The molecule has 4 heteroatoms. The van der Waals surface area contributed by atoms with Gasteiger partial charge in [-0.1, -0.05) is 41.5 Å². The van der Waals surface area contributed by atoms with Gasteiger partial charge >= 0.3 is 0 Å². The van der Waals surface area contributed by atoms with Crippen molar-refractivity contribution in [1.29, 1.82) is 10.5 Å². The van der Waals surface area contributed by atoms with Gasteiger partial charge in [-0.3, -0.25) is 0 Å². The van der Waals surface area contributed by atoms with E-state index in [-0.39, 0.29) is 10.8 Å². The molecule has 0 saturated carbocycles. The minimum absolute atomic E-state index is 0.294. The summed E-state index contributed by atoms with van der Waals surface area (Å²) in [6, 6.07) is 4.53. The van der Waals surface area contributed by atoms with Gasteiger partial charge in [0.2, 0.25) is 0 Å². The van der Waals surface area contributed by atoms with Gasteiger partial charge in [-0.05, 0) is 26.7 Å². The Labute approximate surface area is 123 Å². The molecular weight excluding hydrogens is 248 g/mol. The number of hydrogen-bond acceptors (Lipinski definition) is 4. The summed E-state index contributed by atoms with van der Waals surface area (Å²) < 4.78 is 0. The Balaban J connectivity index is 5.69. The van der Waals surface area contributed by atoms with Crippen LogP contribution in [0.3, 0.4) is 0 Å². The monoisotopic (exact) mass is 276 g/mol. The zero-order valence-corrected chi connectivity index (χ0v) is 14.2. The van der Waals surface area contributed by atoms with E-state index in [0.717, 1.165) is 12.8 Å². The molecule has 0 saturated heterocycles. The van der Waals surface area contributed by atoms with Crippen molar-refractivity contribution >= 4 is 0 Å². The van der Waals surface area contributed by atoms with Gasteiger partial charge in [0.15, 0.2) is 11.1 Å². The Kier molecular flexibility index (Phi) is 5.50. The second kappa shape index (κ2) is 5.92. The fraction of sp³-hybridized carbons (Fsp3) is 0.875. The molecule has 112 valence electrons. The Morgan fingerprint density at radius 3 is 1.10 bits per heavy atom. The minimum atomic E-state index is -0.927. The highest BCUT2D eigenvalue weighted by atomic mass is 15.2. The molecule has 0 aromatic carbocycles. The van der Waals surface area contributed by atoms with E-state index in [1.165, 1.54) is 0 Å². The molecule has 4 nitrogen and oxygen atoms in total. The van der Waals surface area contributed by atoms with Crippen molar-refractivity contribution in [3.63, 3.8) is 0 Å². The van der Waals surface area contributed by atoms with Crippen molar-refractivity contribution in [2.45, 2.75) is 79.3 Å². The summed E-state index contributed by atoms with van der Waals surface area (Å²) in [6.45, 7) is 15.7. The number of hydrogen-bond donors (Lipinski definition) is 0. The fourth-order valence-electron chi connectivity index (χ4n) is 1.51. The summed E-state index contributed by atoms with van der Waals surface area (Å²) in [5, 5.41) is 27.6. The second-order valence-corrected chi connectivity index (χ2v) is 7.04. The van der Waals surface area contributed by atoms with E-state index in [2.05, 4.69) is 22.4 Å². The van der Waals surface area contributed by atoms with E-state index in [4.69, 9.17) is 0 Å². The molecule has 0 spiro atoms. The Bertz CT molecular complexity index is 408. The van der Waals surface area contributed by atoms with Crippen molar-refractivity contribution in [1.82, 2.24) is 0 Å². The van der Waals surface area contributed by atoms with Crippen LogP contribution in [0, 0.1) is 33.5 Å². The molecule has 2 atom stereocenters. The molecule has 0 heterocycles. The normalized spacial score (nSPS) is 18.9. The fourth-order valence-corrected chi connectivity index (χ4v) is 1.51. The van der Waals surface area contributed by atoms with Crippen LogP contribution >= 0.6 is 0 Å². The van der Waals surface area contributed by atoms with Gasteiger partial charge < -0.3 is 0 Å². The minimum Gasteiger partial charge on any atom is -0.196 e. The third kappa shape index (κ3) is 3.18. The molecule has 0 amide bonds. The van der Waals surface area contributed by atoms with Crippen LogP contribution in [-0.4, -0.2) is 11.1 Å². The molecule has 2 unspecified atom stereocenters. The van der Waals surface area contributed by atoms with Crippen LogP contribution in [0.2, 0.25) is 0 Å². The van der Waals surface area contributed by atoms with Gasteiger partial charge in [0.1, 0.15) is 0 Å². The first-order valence-corrected chi connectivity index (χ1v) is 7.22. The highest BCUT2D eigenvalue weighted by Crippen LogP contribution is 2.41. The highest BCUT2D eigenvalue weighted by Gasteiger charge is 2.44. The van der Waals surface area contributed by atoms with Crippen LogP contribution in [0.1, 0.15) is 68.2 Å². The largest absolute Gasteiger partial charge is 0.196 e. The van der Waals surface area contributed by atoms with Crippen molar-refractivity contribution in [3.8, 4) is 12.1 Å². The molecule has 0 radical (unpaired) electrons. The standard InChI is InChI=1S/C16H28N4/c1-9-13(3,4)15(7,11-17)19-20-16(8,12-18)14(5,6)10-2/h9-10H2,1-8H3. The summed E-state index contributed by atoms with van der Waals surface area (Å²) in [4.78, 5) is 0. The average molecular weight is 276 g/mol. The lowest BCUT2D eigenvalue weighted by atomic mass is 9.72. The summed E-state index contributed by atoms with van der Waals surface area (Å²) in [5.41, 5.74) is -2.44. The van der Waals surface area contributed by atoms with E-state index in [1.54, 1.807) is 13.8 Å². The van der Waals surface area contributed by atoms with E-state index < -0.39 is 11.1 Å². The zero-order chi connectivity index (χ0) is 16.2. The first kappa shape index (κ1) is 18.6. The van der Waals surface area contributed by atoms with Gasteiger partial charge in [0, 0.05) is 10.8 Å². The smallest absolute Gasteiger partial charge is 0.169 e. The molecule has 0 aromatic rings. The maximum absolute atomic E-state index is 9.49. The predicted molar refractivity (Wildman–Crippen MR) is 81.0 cm³/mol. The van der Waals surface area contributed by atoms with Crippen LogP contribution in [0.4, 0.5) is 0 Å². The Morgan fingerprint density at radius 2 is 0.950 bits per heavy atom. The first-order chi connectivity index (χ1) is 8.95. The second-order valence-electron chi connectivity index (χ2n) is 7.04. The van der Waals surface area contributed by atoms with E-state index >= 15 is 0 Å². The summed E-state index contributed by atoms with van der Waals surface area (Å²) in [5.74, 6) is 0. The molecule has 0 aliphatic rings. The lowest BCUT2D eigenvalue weighted by molar-refractivity contribution is 0.188. The highest BCUT2D eigenvalue weighted by molar-refractivity contribution is 5.15. The van der Waals surface area contributed by atoms with Crippen LogP contribution in [0.5, 0.6) is 0 Å². The third-order valence-corrected chi connectivity index (χ3v) is 5.29. The van der Waals surface area contributed by atoms with E-state index in [1.807, 2.05) is 41.5 Å². The molecule has 0 fully saturated rings. The van der Waals surface area contributed by atoms with E-state index in [0.29, 0.717) is 0 Å². The van der Waals surface area contributed by atoms with E-state index in [9.17, 15) is 10.5 Å². The first-order valence-electron chi connectivity index (χ1n) is 7.22. The van der Waals surface area contributed by atoms with Crippen LogP contribution < -0.4 is 0 Å². The van der Waals surface area contributed by atoms with Crippen molar-refractivity contribution in [2.75, 3.05) is 0 Å². The maximum Gasteiger partial charge on any atom is 0.169 e. The van der Waals surface area contributed by atoms with Crippen LogP contribution in [0.25, 0.3) is 0 Å². The topological polar surface area (TPSA) is 72.3 Å². The number of rotatable bonds is 6. The molecule has 0 rings (SSSR count). The molecule has 20 heavy (non-hydrogen) atoms. The molecule has 0 aromatic heterocycles. The number of nitriles is 2. The molecule has 0 bridgehead atoms. The SMILES string of the molecule is CCC(C)(C)C(C)(C#N)N=NC(C)(C#N)C(C)(C)CC. The third-order valence-electron chi connectivity index (χ3n) is 5.29. The quantitative estimate of drug-likeness (QED) is 0.649. The number of nitrogens with zero attached hydrogens (tertiary/aromatic N) is 4.